The molecule has 0 amide bonds. The summed E-state index contributed by atoms with van der Waals surface area (Å²) in [6.07, 6.45) is 1.53. The van der Waals surface area contributed by atoms with Gasteiger partial charge in [0.1, 0.15) is 11.5 Å². The highest BCUT2D eigenvalue weighted by Crippen LogP contribution is 2.23. The van der Waals surface area contributed by atoms with Crippen molar-refractivity contribution in [2.75, 3.05) is 14.2 Å². The molecule has 2 aromatic carbocycles. The van der Waals surface area contributed by atoms with Gasteiger partial charge in [-0.2, -0.15) is 9.78 Å². The van der Waals surface area contributed by atoms with Crippen LogP contribution in [-0.2, 0) is 0 Å². The zero-order chi connectivity index (χ0) is 17.1. The maximum atomic E-state index is 12.5. The van der Waals surface area contributed by atoms with Gasteiger partial charge in [0.15, 0.2) is 0 Å². The van der Waals surface area contributed by atoms with Gasteiger partial charge < -0.3 is 14.5 Å². The summed E-state index contributed by atoms with van der Waals surface area (Å²) < 4.78 is 11.9. The Labute approximate surface area is 143 Å². The lowest BCUT2D eigenvalue weighted by atomic mass is 10.2. The van der Waals surface area contributed by atoms with Crippen molar-refractivity contribution < 1.29 is 9.47 Å². The van der Waals surface area contributed by atoms with Crippen LogP contribution in [0.3, 0.4) is 0 Å². The minimum absolute atomic E-state index is 0.224. The van der Waals surface area contributed by atoms with Gasteiger partial charge in [0.05, 0.1) is 31.3 Å². The van der Waals surface area contributed by atoms with E-state index in [1.807, 2.05) is 6.07 Å². The normalized spacial score (nSPS) is 11.1. The molecule has 122 valence electrons. The fourth-order valence-electron chi connectivity index (χ4n) is 2.30. The summed E-state index contributed by atoms with van der Waals surface area (Å²) in [5.41, 5.74) is 1.10. The minimum Gasteiger partial charge on any atom is -0.497 e. The predicted molar refractivity (Wildman–Crippen MR) is 95.9 cm³/mol. The van der Waals surface area contributed by atoms with Crippen LogP contribution in [0.2, 0.25) is 0 Å². The van der Waals surface area contributed by atoms with Crippen molar-refractivity contribution in [3.05, 3.63) is 63.2 Å². The Hall–Kier alpha value is -2.93. The van der Waals surface area contributed by atoms with Gasteiger partial charge in [-0.25, -0.2) is 0 Å². The van der Waals surface area contributed by atoms with E-state index in [1.165, 1.54) is 6.21 Å². The van der Waals surface area contributed by atoms with E-state index in [2.05, 4.69) is 10.1 Å². The third kappa shape index (κ3) is 2.93. The van der Waals surface area contributed by atoms with Crippen molar-refractivity contribution in [3.63, 3.8) is 0 Å². The highest BCUT2D eigenvalue weighted by molar-refractivity contribution is 7.71. The summed E-state index contributed by atoms with van der Waals surface area (Å²) in [7, 11) is 3.14. The quantitative estimate of drug-likeness (QED) is 0.585. The highest BCUT2D eigenvalue weighted by atomic mass is 32.1. The molecule has 3 aromatic rings. The molecule has 6 nitrogen and oxygen atoms in total. The molecule has 7 heteroatoms. The summed E-state index contributed by atoms with van der Waals surface area (Å²) in [6.45, 7) is 0. The van der Waals surface area contributed by atoms with Gasteiger partial charge in [-0.05, 0) is 36.5 Å². The van der Waals surface area contributed by atoms with Crippen LogP contribution < -0.4 is 15.0 Å². The number of nitrogens with zero attached hydrogens (tertiary/aromatic N) is 2. The minimum atomic E-state index is -0.280. The molecule has 0 atom stereocenters. The fourth-order valence-corrected chi connectivity index (χ4v) is 2.54. The van der Waals surface area contributed by atoms with E-state index in [4.69, 9.17) is 21.7 Å². The third-order valence-corrected chi connectivity index (χ3v) is 3.81. The molecule has 3 rings (SSSR count). The third-order valence-electron chi connectivity index (χ3n) is 3.54. The Morgan fingerprint density at radius 1 is 1.17 bits per heavy atom. The summed E-state index contributed by atoms with van der Waals surface area (Å²) in [5, 5.41) is 4.73. The Bertz CT molecular complexity index is 1040. The number of H-pyrrole nitrogens is 1. The first-order valence-corrected chi connectivity index (χ1v) is 7.55. The molecule has 1 N–H and O–H groups in total. The van der Waals surface area contributed by atoms with Crippen molar-refractivity contribution >= 4 is 29.3 Å². The summed E-state index contributed by atoms with van der Waals surface area (Å²) >= 11 is 5.23. The number of nitrogens with one attached hydrogen (secondary N) is 1. The van der Waals surface area contributed by atoms with Gasteiger partial charge in [-0.3, -0.25) is 4.79 Å². The molecule has 1 heterocycles. The van der Waals surface area contributed by atoms with E-state index in [0.717, 1.165) is 4.68 Å². The van der Waals surface area contributed by atoms with E-state index >= 15 is 0 Å². The second-order valence-corrected chi connectivity index (χ2v) is 5.33. The Kier molecular flexibility index (Phi) is 4.43. The number of aromatic amines is 1. The van der Waals surface area contributed by atoms with Gasteiger partial charge in [0.2, 0.25) is 4.77 Å². The van der Waals surface area contributed by atoms with Gasteiger partial charge in [-0.15, -0.1) is 0 Å². The second kappa shape index (κ2) is 6.67. The maximum Gasteiger partial charge on any atom is 0.282 e. The molecular weight excluding hydrogens is 326 g/mol. The number of hydrogen-bond acceptors (Lipinski definition) is 5. The molecule has 0 aliphatic heterocycles. The summed E-state index contributed by atoms with van der Waals surface area (Å²) in [5.74, 6) is 1.26. The first-order chi connectivity index (χ1) is 11.6. The number of hydrogen-bond donors (Lipinski definition) is 1. The molecular formula is C17H15N3O3S. The zero-order valence-corrected chi connectivity index (χ0v) is 14.0. The highest BCUT2D eigenvalue weighted by Gasteiger charge is 2.05. The van der Waals surface area contributed by atoms with Gasteiger partial charge in [0.25, 0.3) is 5.56 Å². The Morgan fingerprint density at radius 3 is 2.71 bits per heavy atom. The fraction of sp³-hybridized carbons (Fsp3) is 0.118. The first-order valence-electron chi connectivity index (χ1n) is 7.14. The molecule has 0 fully saturated rings. The van der Waals surface area contributed by atoms with Crippen LogP contribution in [0.15, 0.2) is 52.4 Å². The molecule has 0 saturated heterocycles. The van der Waals surface area contributed by atoms with Crippen molar-refractivity contribution in [1.29, 1.82) is 0 Å². The standard InChI is InChI=1S/C17H15N3O3S/c1-22-12-8-7-11(15(9-12)23-2)10-18-20-16(21)13-5-3-4-6-14(13)19-17(20)24/h3-10H,1-2H3,(H,19,24)/b18-10-. The van der Waals surface area contributed by atoms with Crippen LogP contribution >= 0.6 is 12.2 Å². The summed E-state index contributed by atoms with van der Waals surface area (Å²) in [6, 6.07) is 12.5. The van der Waals surface area contributed by atoms with Gasteiger partial charge in [-0.1, -0.05) is 12.1 Å². The van der Waals surface area contributed by atoms with Crippen LogP contribution in [0.25, 0.3) is 10.9 Å². The molecule has 1 aromatic heterocycles. The molecule has 0 radical (unpaired) electrons. The molecule has 0 aliphatic rings. The average molecular weight is 341 g/mol. The van der Waals surface area contributed by atoms with Crippen LogP contribution in [0.4, 0.5) is 0 Å². The van der Waals surface area contributed by atoms with E-state index in [-0.39, 0.29) is 10.3 Å². The SMILES string of the molecule is COc1ccc(/C=N\n2c(=S)[nH]c3ccccc3c2=O)c(OC)c1. The van der Waals surface area contributed by atoms with E-state index in [9.17, 15) is 4.79 Å². The van der Waals surface area contributed by atoms with Crippen LogP contribution in [0.5, 0.6) is 11.5 Å². The topological polar surface area (TPSA) is 68.6 Å². The maximum absolute atomic E-state index is 12.5. The van der Waals surface area contributed by atoms with Crippen molar-refractivity contribution in [1.82, 2.24) is 9.66 Å². The molecule has 0 bridgehead atoms. The van der Waals surface area contributed by atoms with Crippen LogP contribution in [-0.4, -0.2) is 30.1 Å². The lowest BCUT2D eigenvalue weighted by Crippen LogP contribution is -2.18. The number of methoxy groups -OCH3 is 2. The lowest BCUT2D eigenvalue weighted by Gasteiger charge is -2.07. The van der Waals surface area contributed by atoms with Crippen molar-refractivity contribution in [2.24, 2.45) is 5.10 Å². The largest absolute Gasteiger partial charge is 0.497 e. The number of ether oxygens (including phenoxy) is 2. The Morgan fingerprint density at radius 2 is 1.96 bits per heavy atom. The molecule has 0 spiro atoms. The van der Waals surface area contributed by atoms with E-state index < -0.39 is 0 Å². The second-order valence-electron chi connectivity index (χ2n) is 4.95. The van der Waals surface area contributed by atoms with E-state index in [1.54, 1.807) is 50.6 Å². The zero-order valence-electron chi connectivity index (χ0n) is 13.1. The van der Waals surface area contributed by atoms with Crippen LogP contribution in [0, 0.1) is 4.77 Å². The van der Waals surface area contributed by atoms with Gasteiger partial charge in [0, 0.05) is 11.6 Å². The number of aromatic nitrogens is 2. The monoisotopic (exact) mass is 341 g/mol. The van der Waals surface area contributed by atoms with Gasteiger partial charge >= 0.3 is 0 Å². The van der Waals surface area contributed by atoms with E-state index in [0.29, 0.717) is 28.0 Å². The number of benzene rings is 2. The number of fused-ring (bicyclic) bond motifs is 1. The first kappa shape index (κ1) is 15.9. The molecule has 0 saturated carbocycles. The smallest absolute Gasteiger partial charge is 0.282 e. The Balaban J connectivity index is 2.09. The lowest BCUT2D eigenvalue weighted by molar-refractivity contribution is 0.394. The van der Waals surface area contributed by atoms with Crippen molar-refractivity contribution in [2.45, 2.75) is 0 Å². The number of para-hydroxylation sites is 1. The molecule has 0 unspecified atom stereocenters. The molecule has 0 aliphatic carbocycles. The predicted octanol–water partition coefficient (Wildman–Crippen LogP) is 2.96. The molecule has 24 heavy (non-hydrogen) atoms. The average Bonchev–Trinajstić information content (AvgIpc) is 2.61. The number of rotatable bonds is 4. The summed E-state index contributed by atoms with van der Waals surface area (Å²) in [4.78, 5) is 15.5. The van der Waals surface area contributed by atoms with Crippen LogP contribution in [0.1, 0.15) is 5.56 Å². The van der Waals surface area contributed by atoms with Crippen molar-refractivity contribution in [3.8, 4) is 11.5 Å².